The number of halogens is 6. The molecule has 1 atom stereocenters. The van der Waals surface area contributed by atoms with Crippen molar-refractivity contribution < 1.29 is 31.4 Å². The van der Waals surface area contributed by atoms with Crippen molar-refractivity contribution >= 4 is 11.6 Å². The molecule has 1 unspecified atom stereocenters. The van der Waals surface area contributed by atoms with Gasteiger partial charge in [-0.15, -0.1) is 0 Å². The number of aromatic nitrogens is 3. The zero-order valence-corrected chi connectivity index (χ0v) is 17.6. The largest absolute Gasteiger partial charge is 0.500 e. The molecule has 1 saturated carbocycles. The molecule has 32 heavy (non-hydrogen) atoms. The first-order chi connectivity index (χ1) is 15.1. The number of hydrogen-bond donors (Lipinski definition) is 1. The molecule has 4 rings (SSSR count). The Hall–Kier alpha value is -2.62. The maximum absolute atomic E-state index is 13.2. The Bertz CT molecular complexity index is 1040. The molecule has 0 amide bonds. The van der Waals surface area contributed by atoms with Gasteiger partial charge < -0.3 is 14.5 Å². The molecule has 2 aromatic heterocycles. The molecule has 1 N–H and O–H groups in total. The summed E-state index contributed by atoms with van der Waals surface area (Å²) in [6.45, 7) is 0.0278. The van der Waals surface area contributed by atoms with Crippen LogP contribution in [0.2, 0.25) is 5.15 Å². The van der Waals surface area contributed by atoms with Crippen LogP contribution < -0.4 is 0 Å². The number of methoxy groups -OCH3 is 1. The van der Waals surface area contributed by atoms with Gasteiger partial charge in [-0.25, -0.2) is 13.8 Å². The SMILES string of the molecule is COC1=CC(OCc2ccc(C(F)(F)F)nc2)=CCC1c1[nH]c(C2CC(F)(F)C2)nc1Cl. The van der Waals surface area contributed by atoms with Crippen molar-refractivity contribution in [3.63, 3.8) is 0 Å². The summed E-state index contributed by atoms with van der Waals surface area (Å²) in [5, 5.41) is 0.205. The number of alkyl halides is 5. The summed E-state index contributed by atoms with van der Waals surface area (Å²) in [6, 6.07) is 2.20. The van der Waals surface area contributed by atoms with Crippen molar-refractivity contribution in [2.45, 2.75) is 49.8 Å². The van der Waals surface area contributed by atoms with E-state index in [1.807, 2.05) is 0 Å². The second-order valence-corrected chi connectivity index (χ2v) is 8.13. The highest BCUT2D eigenvalue weighted by atomic mass is 35.5. The molecule has 0 aromatic carbocycles. The van der Waals surface area contributed by atoms with Gasteiger partial charge in [-0.3, -0.25) is 4.98 Å². The van der Waals surface area contributed by atoms with Crippen molar-refractivity contribution in [3.8, 4) is 0 Å². The minimum absolute atomic E-state index is 0.0278. The minimum Gasteiger partial charge on any atom is -0.500 e. The molecule has 0 saturated heterocycles. The maximum atomic E-state index is 13.2. The van der Waals surface area contributed by atoms with Crippen molar-refractivity contribution in [2.24, 2.45) is 0 Å². The number of aromatic amines is 1. The summed E-state index contributed by atoms with van der Waals surface area (Å²) in [4.78, 5) is 10.7. The summed E-state index contributed by atoms with van der Waals surface area (Å²) < 4.78 is 75.3. The van der Waals surface area contributed by atoms with Gasteiger partial charge in [-0.2, -0.15) is 13.2 Å². The van der Waals surface area contributed by atoms with E-state index in [9.17, 15) is 22.0 Å². The van der Waals surface area contributed by atoms with E-state index < -0.39 is 17.8 Å². The molecule has 2 aromatic rings. The Labute approximate surface area is 185 Å². The van der Waals surface area contributed by atoms with Gasteiger partial charge >= 0.3 is 6.18 Å². The van der Waals surface area contributed by atoms with Crippen LogP contribution in [0.3, 0.4) is 0 Å². The second-order valence-electron chi connectivity index (χ2n) is 7.77. The van der Waals surface area contributed by atoms with E-state index in [-0.39, 0.29) is 36.4 Å². The van der Waals surface area contributed by atoms with Crippen LogP contribution >= 0.6 is 11.6 Å². The van der Waals surface area contributed by atoms with Gasteiger partial charge in [0.25, 0.3) is 0 Å². The number of hydrogen-bond acceptors (Lipinski definition) is 4. The van der Waals surface area contributed by atoms with Gasteiger partial charge in [0.1, 0.15) is 29.6 Å². The van der Waals surface area contributed by atoms with Gasteiger partial charge in [0.2, 0.25) is 5.92 Å². The van der Waals surface area contributed by atoms with Crippen molar-refractivity contribution in [1.82, 2.24) is 15.0 Å². The first-order valence-corrected chi connectivity index (χ1v) is 10.2. The summed E-state index contributed by atoms with van der Waals surface area (Å²) in [7, 11) is 1.49. The topological polar surface area (TPSA) is 60.0 Å². The molecule has 0 spiro atoms. The number of allylic oxidation sites excluding steroid dienone is 3. The van der Waals surface area contributed by atoms with E-state index in [4.69, 9.17) is 21.1 Å². The predicted octanol–water partition coefficient (Wildman–Crippen LogP) is 6.11. The maximum Gasteiger partial charge on any atom is 0.433 e. The molecule has 2 aliphatic rings. The number of pyridine rings is 1. The first-order valence-electron chi connectivity index (χ1n) is 9.79. The normalized spacial score (nSPS) is 20.9. The Morgan fingerprint density at radius 2 is 2.00 bits per heavy atom. The lowest BCUT2D eigenvalue weighted by Gasteiger charge is -2.33. The van der Waals surface area contributed by atoms with E-state index >= 15 is 0 Å². The molecular weight excluding hydrogens is 457 g/mol. The lowest BCUT2D eigenvalue weighted by atomic mass is 9.81. The molecule has 0 radical (unpaired) electrons. The predicted molar refractivity (Wildman–Crippen MR) is 105 cm³/mol. The van der Waals surface area contributed by atoms with E-state index in [1.54, 1.807) is 12.2 Å². The van der Waals surface area contributed by atoms with Crippen LogP contribution in [0.4, 0.5) is 22.0 Å². The van der Waals surface area contributed by atoms with Crippen LogP contribution in [0.5, 0.6) is 0 Å². The van der Waals surface area contributed by atoms with Crippen LogP contribution in [-0.4, -0.2) is 28.0 Å². The van der Waals surface area contributed by atoms with Crippen LogP contribution in [0.1, 0.15) is 53.9 Å². The lowest BCUT2D eigenvalue weighted by molar-refractivity contribution is -0.141. The number of rotatable bonds is 6. The molecule has 2 heterocycles. The zero-order valence-electron chi connectivity index (χ0n) is 16.8. The summed E-state index contributed by atoms with van der Waals surface area (Å²) in [6.07, 6.45) is -0.00763. The zero-order chi connectivity index (χ0) is 23.1. The molecule has 0 bridgehead atoms. The Balaban J connectivity index is 1.41. The molecule has 2 aliphatic carbocycles. The lowest BCUT2D eigenvalue weighted by Crippen LogP contribution is -2.34. The monoisotopic (exact) mass is 475 g/mol. The summed E-state index contributed by atoms with van der Waals surface area (Å²) in [5.41, 5.74) is 0.0862. The van der Waals surface area contributed by atoms with Crippen LogP contribution in [0, 0.1) is 0 Å². The van der Waals surface area contributed by atoms with Gasteiger partial charge in [0, 0.05) is 36.6 Å². The van der Waals surface area contributed by atoms with Crippen LogP contribution in [-0.2, 0) is 22.3 Å². The van der Waals surface area contributed by atoms with E-state index in [2.05, 4.69) is 15.0 Å². The molecule has 1 fully saturated rings. The minimum atomic E-state index is -4.50. The number of nitrogens with zero attached hydrogens (tertiary/aromatic N) is 2. The van der Waals surface area contributed by atoms with Gasteiger partial charge in [-0.05, 0) is 18.6 Å². The highest BCUT2D eigenvalue weighted by Gasteiger charge is 2.47. The van der Waals surface area contributed by atoms with E-state index in [1.165, 1.54) is 13.2 Å². The number of nitrogens with one attached hydrogen (secondary N) is 1. The van der Waals surface area contributed by atoms with Crippen LogP contribution in [0.25, 0.3) is 0 Å². The standard InChI is InChI=1S/C21H19ClF5N3O2/c1-31-15-6-13(32-10-11-2-5-16(28-9-11)21(25,26)27)3-4-14(15)17-18(22)30-19(29-17)12-7-20(23,24)8-12/h2-3,5-6,9,12,14H,4,7-8,10H2,1H3,(H,29,30). The van der Waals surface area contributed by atoms with Gasteiger partial charge in [0.05, 0.1) is 18.7 Å². The smallest absolute Gasteiger partial charge is 0.433 e. The van der Waals surface area contributed by atoms with Gasteiger partial charge in [-0.1, -0.05) is 17.7 Å². The Kier molecular flexibility index (Phi) is 5.91. The van der Waals surface area contributed by atoms with Crippen LogP contribution in [0.15, 0.2) is 42.0 Å². The van der Waals surface area contributed by atoms with E-state index in [0.717, 1.165) is 12.3 Å². The first kappa shape index (κ1) is 22.6. The van der Waals surface area contributed by atoms with E-state index in [0.29, 0.717) is 35.0 Å². The molecule has 11 heteroatoms. The molecule has 172 valence electrons. The third-order valence-corrected chi connectivity index (χ3v) is 5.76. The fourth-order valence-corrected chi connectivity index (χ4v) is 3.99. The highest BCUT2D eigenvalue weighted by molar-refractivity contribution is 6.30. The van der Waals surface area contributed by atoms with Crippen molar-refractivity contribution in [2.75, 3.05) is 7.11 Å². The molecule has 5 nitrogen and oxygen atoms in total. The quantitative estimate of drug-likeness (QED) is 0.512. The fourth-order valence-electron chi connectivity index (χ4n) is 3.72. The Morgan fingerprint density at radius 3 is 2.59 bits per heavy atom. The van der Waals surface area contributed by atoms with Gasteiger partial charge in [0.15, 0.2) is 5.15 Å². The number of H-pyrrole nitrogens is 1. The number of imidazole rings is 1. The van der Waals surface area contributed by atoms with Crippen molar-refractivity contribution in [1.29, 1.82) is 0 Å². The summed E-state index contributed by atoms with van der Waals surface area (Å²) in [5.74, 6) is -1.87. The average Bonchev–Trinajstić information content (AvgIpc) is 3.11. The highest BCUT2D eigenvalue weighted by Crippen LogP contribution is 2.48. The Morgan fingerprint density at radius 1 is 1.25 bits per heavy atom. The summed E-state index contributed by atoms with van der Waals surface area (Å²) >= 11 is 6.27. The van der Waals surface area contributed by atoms with Crippen molar-refractivity contribution in [3.05, 3.63) is 69.9 Å². The number of ether oxygens (including phenoxy) is 2. The fraction of sp³-hybridized carbons (Fsp3) is 0.429. The molecular formula is C21H19ClF5N3O2. The third kappa shape index (κ3) is 4.74. The average molecular weight is 476 g/mol. The second kappa shape index (κ2) is 8.38. The third-order valence-electron chi connectivity index (χ3n) is 5.47. The molecule has 0 aliphatic heterocycles.